The summed E-state index contributed by atoms with van der Waals surface area (Å²) in [4.78, 5) is 5.51. The summed E-state index contributed by atoms with van der Waals surface area (Å²) in [6.45, 7) is 14.8. The van der Waals surface area contributed by atoms with Gasteiger partial charge in [0.2, 0.25) is 0 Å². The van der Waals surface area contributed by atoms with E-state index in [4.69, 9.17) is 0 Å². The number of rotatable bonds is 20. The van der Waals surface area contributed by atoms with E-state index in [0.717, 1.165) is 17.9 Å². The zero-order valence-corrected chi connectivity index (χ0v) is 22.5. The van der Waals surface area contributed by atoms with Gasteiger partial charge in [0.25, 0.3) is 0 Å². The van der Waals surface area contributed by atoms with Crippen LogP contribution in [0.4, 0.5) is 0 Å². The summed E-state index contributed by atoms with van der Waals surface area (Å²) >= 11 is 0. The standard InChI is InChI=1S/C29H60N2/c1-6-9-12-14-19-28(20-15-13-10-7-2)26-30(5)29-21-24-31(25-22-29)23-16-18-27(4)17-11-8-3/h27-29H,6-26H2,1-5H3. The van der Waals surface area contributed by atoms with E-state index in [2.05, 4.69) is 44.5 Å². The average Bonchev–Trinajstić information content (AvgIpc) is 2.78. The molecule has 1 rings (SSSR count). The van der Waals surface area contributed by atoms with Crippen molar-refractivity contribution < 1.29 is 0 Å². The van der Waals surface area contributed by atoms with E-state index in [1.807, 2.05) is 0 Å². The van der Waals surface area contributed by atoms with E-state index in [1.54, 1.807) is 0 Å². The largest absolute Gasteiger partial charge is 0.303 e. The predicted molar refractivity (Wildman–Crippen MR) is 141 cm³/mol. The molecule has 2 nitrogen and oxygen atoms in total. The molecule has 31 heavy (non-hydrogen) atoms. The van der Waals surface area contributed by atoms with Crippen molar-refractivity contribution >= 4 is 0 Å². The topological polar surface area (TPSA) is 6.48 Å². The molecular formula is C29H60N2. The first kappa shape index (κ1) is 29.0. The summed E-state index contributed by atoms with van der Waals surface area (Å²) < 4.78 is 0. The van der Waals surface area contributed by atoms with Crippen molar-refractivity contribution in [2.45, 2.75) is 143 Å². The van der Waals surface area contributed by atoms with Crippen molar-refractivity contribution in [3.05, 3.63) is 0 Å². The van der Waals surface area contributed by atoms with Gasteiger partial charge in [-0.15, -0.1) is 0 Å². The first-order valence-electron chi connectivity index (χ1n) is 14.5. The van der Waals surface area contributed by atoms with Crippen LogP contribution in [0.2, 0.25) is 0 Å². The second kappa shape index (κ2) is 19.4. The Morgan fingerprint density at radius 3 is 1.81 bits per heavy atom. The number of piperidine rings is 1. The molecule has 0 aromatic rings. The minimum Gasteiger partial charge on any atom is -0.303 e. The van der Waals surface area contributed by atoms with Crippen LogP contribution < -0.4 is 0 Å². The molecule has 1 heterocycles. The van der Waals surface area contributed by atoms with Crippen LogP contribution in [-0.4, -0.2) is 49.1 Å². The third kappa shape index (κ3) is 14.6. The Hall–Kier alpha value is -0.0800. The fourth-order valence-corrected chi connectivity index (χ4v) is 5.55. The maximum absolute atomic E-state index is 2.76. The van der Waals surface area contributed by atoms with Crippen LogP contribution in [0.5, 0.6) is 0 Å². The number of hydrogen-bond acceptors (Lipinski definition) is 2. The summed E-state index contributed by atoms with van der Waals surface area (Å²) in [5, 5.41) is 0. The van der Waals surface area contributed by atoms with Crippen LogP contribution >= 0.6 is 0 Å². The Bertz CT molecular complexity index is 363. The third-order valence-electron chi connectivity index (χ3n) is 7.88. The van der Waals surface area contributed by atoms with Crippen molar-refractivity contribution in [3.63, 3.8) is 0 Å². The molecule has 0 aromatic heterocycles. The van der Waals surface area contributed by atoms with Crippen molar-refractivity contribution in [3.8, 4) is 0 Å². The summed E-state index contributed by atoms with van der Waals surface area (Å²) in [6, 6.07) is 0.827. The molecule has 0 saturated carbocycles. The Balaban J connectivity index is 2.28. The highest BCUT2D eigenvalue weighted by molar-refractivity contribution is 4.80. The van der Waals surface area contributed by atoms with Crippen LogP contribution in [0.1, 0.15) is 137 Å². The van der Waals surface area contributed by atoms with E-state index >= 15 is 0 Å². The molecule has 0 bridgehead atoms. The second-order valence-corrected chi connectivity index (χ2v) is 11.0. The van der Waals surface area contributed by atoms with Gasteiger partial charge in [-0.2, -0.15) is 0 Å². The first-order chi connectivity index (χ1) is 15.1. The van der Waals surface area contributed by atoms with Gasteiger partial charge in [0.1, 0.15) is 0 Å². The molecule has 1 aliphatic heterocycles. The van der Waals surface area contributed by atoms with Gasteiger partial charge in [-0.25, -0.2) is 0 Å². The molecule has 1 unspecified atom stereocenters. The molecule has 0 N–H and O–H groups in total. The summed E-state index contributed by atoms with van der Waals surface area (Å²) in [5.41, 5.74) is 0. The van der Waals surface area contributed by atoms with E-state index in [9.17, 15) is 0 Å². The molecule has 2 heteroatoms. The normalized spacial score (nSPS) is 17.1. The Morgan fingerprint density at radius 1 is 0.710 bits per heavy atom. The monoisotopic (exact) mass is 436 g/mol. The molecule has 0 aromatic carbocycles. The lowest BCUT2D eigenvalue weighted by atomic mass is 9.92. The van der Waals surface area contributed by atoms with Gasteiger partial charge in [-0.1, -0.05) is 98.3 Å². The maximum atomic E-state index is 2.76. The molecule has 0 aliphatic carbocycles. The van der Waals surface area contributed by atoms with E-state index in [-0.39, 0.29) is 0 Å². The zero-order valence-electron chi connectivity index (χ0n) is 22.5. The van der Waals surface area contributed by atoms with Gasteiger partial charge < -0.3 is 9.80 Å². The van der Waals surface area contributed by atoms with E-state index < -0.39 is 0 Å². The Morgan fingerprint density at radius 2 is 1.26 bits per heavy atom. The number of unbranched alkanes of at least 4 members (excludes halogenated alkanes) is 7. The summed E-state index contributed by atoms with van der Waals surface area (Å²) in [7, 11) is 2.43. The van der Waals surface area contributed by atoms with Crippen LogP contribution in [0, 0.1) is 11.8 Å². The lowest BCUT2D eigenvalue weighted by Crippen LogP contribution is -2.45. The van der Waals surface area contributed by atoms with Crippen LogP contribution in [0.3, 0.4) is 0 Å². The van der Waals surface area contributed by atoms with Crippen molar-refractivity contribution in [1.29, 1.82) is 0 Å². The average molecular weight is 437 g/mol. The Labute approximate surface area is 197 Å². The molecule has 1 aliphatic rings. The van der Waals surface area contributed by atoms with Gasteiger partial charge in [0, 0.05) is 12.6 Å². The molecular weight excluding hydrogens is 376 g/mol. The number of hydrogen-bond donors (Lipinski definition) is 0. The van der Waals surface area contributed by atoms with Crippen LogP contribution in [-0.2, 0) is 0 Å². The molecule has 186 valence electrons. The van der Waals surface area contributed by atoms with Crippen LogP contribution in [0.25, 0.3) is 0 Å². The van der Waals surface area contributed by atoms with Gasteiger partial charge in [-0.05, 0) is 77.0 Å². The molecule has 0 spiro atoms. The highest BCUT2D eigenvalue weighted by atomic mass is 15.2. The third-order valence-corrected chi connectivity index (χ3v) is 7.88. The molecule has 0 amide bonds. The minimum atomic E-state index is 0.827. The summed E-state index contributed by atoms with van der Waals surface area (Å²) in [5.74, 6) is 1.86. The fourth-order valence-electron chi connectivity index (χ4n) is 5.55. The highest BCUT2D eigenvalue weighted by Crippen LogP contribution is 2.23. The lowest BCUT2D eigenvalue weighted by Gasteiger charge is -2.38. The number of nitrogens with zero attached hydrogens (tertiary/aromatic N) is 2. The quantitative estimate of drug-likeness (QED) is 0.176. The van der Waals surface area contributed by atoms with Gasteiger partial charge in [0.15, 0.2) is 0 Å². The van der Waals surface area contributed by atoms with Gasteiger partial charge in [-0.3, -0.25) is 0 Å². The zero-order chi connectivity index (χ0) is 22.7. The molecule has 0 radical (unpaired) electrons. The fraction of sp³-hybridized carbons (Fsp3) is 1.00. The predicted octanol–water partition coefficient (Wildman–Crippen LogP) is 8.55. The molecule has 1 fully saturated rings. The molecule has 1 saturated heterocycles. The van der Waals surface area contributed by atoms with Crippen molar-refractivity contribution in [1.82, 2.24) is 9.80 Å². The van der Waals surface area contributed by atoms with E-state index in [0.29, 0.717) is 0 Å². The maximum Gasteiger partial charge on any atom is 0.0117 e. The highest BCUT2D eigenvalue weighted by Gasteiger charge is 2.24. The van der Waals surface area contributed by atoms with Crippen LogP contribution in [0.15, 0.2) is 0 Å². The summed E-state index contributed by atoms with van der Waals surface area (Å²) in [6.07, 6.45) is 24.1. The van der Waals surface area contributed by atoms with Crippen molar-refractivity contribution in [2.75, 3.05) is 33.2 Å². The Kier molecular flexibility index (Phi) is 18.1. The lowest BCUT2D eigenvalue weighted by molar-refractivity contribution is 0.109. The second-order valence-electron chi connectivity index (χ2n) is 11.0. The smallest absolute Gasteiger partial charge is 0.0117 e. The van der Waals surface area contributed by atoms with Crippen molar-refractivity contribution in [2.24, 2.45) is 11.8 Å². The first-order valence-corrected chi connectivity index (χ1v) is 14.5. The minimum absolute atomic E-state index is 0.827. The van der Waals surface area contributed by atoms with E-state index in [1.165, 1.54) is 135 Å². The SMILES string of the molecule is CCCCCCC(CCCCCC)CN(C)C1CCN(CCCC(C)CCCC)CC1. The number of likely N-dealkylation sites (tertiary alicyclic amines) is 1. The van der Waals surface area contributed by atoms with Gasteiger partial charge in [0.05, 0.1) is 0 Å². The molecule has 1 atom stereocenters. The van der Waals surface area contributed by atoms with Gasteiger partial charge >= 0.3 is 0 Å².